The summed E-state index contributed by atoms with van der Waals surface area (Å²) in [5.74, 6) is -1.29. The molecule has 0 aliphatic rings. The topological polar surface area (TPSA) is 89.0 Å². The van der Waals surface area contributed by atoms with Crippen LogP contribution in [0, 0.1) is 23.3 Å². The van der Waals surface area contributed by atoms with Gasteiger partial charge in [-0.05, 0) is 151 Å². The Morgan fingerprint density at radius 1 is 0.633 bits per heavy atom. The zero-order valence-electron chi connectivity index (χ0n) is 35.6. The molecule has 0 aromatic heterocycles. The number of nitrogens with one attached hydrogen (secondary N) is 3. The molecule has 0 amide bonds. The van der Waals surface area contributed by atoms with E-state index in [2.05, 4.69) is 50.3 Å². The van der Waals surface area contributed by atoms with E-state index in [4.69, 9.17) is 33.9 Å². The lowest BCUT2D eigenvalue weighted by molar-refractivity contribution is 0.299. The van der Waals surface area contributed by atoms with E-state index in [0.717, 1.165) is 60.9 Å². The molecule has 17 heteroatoms. The van der Waals surface area contributed by atoms with E-state index in [1.165, 1.54) is 36.0 Å². The largest absolute Gasteiger partial charge is 0.489 e. The van der Waals surface area contributed by atoms with Gasteiger partial charge in [0.2, 0.25) is 0 Å². The summed E-state index contributed by atoms with van der Waals surface area (Å²) in [6, 6.07) is 21.3. The predicted octanol–water partition coefficient (Wildman–Crippen LogP) is 7.91. The van der Waals surface area contributed by atoms with Crippen LogP contribution < -0.4 is 25.6 Å². The summed E-state index contributed by atoms with van der Waals surface area (Å²) in [5.41, 5.74) is 9.63. The smallest absolute Gasteiger partial charge is 0.189 e. The molecule has 0 spiro atoms. The van der Waals surface area contributed by atoms with Crippen molar-refractivity contribution in [2.24, 2.45) is 10.2 Å². The summed E-state index contributed by atoms with van der Waals surface area (Å²) in [6.45, 7) is 7.68. The molecule has 0 atom stereocenters. The molecule has 4 aromatic rings. The minimum absolute atomic E-state index is 0.0215. The van der Waals surface area contributed by atoms with Gasteiger partial charge in [0.05, 0.1) is 11.4 Å². The van der Waals surface area contributed by atoms with Crippen LogP contribution in [-0.4, -0.2) is 110 Å². The van der Waals surface area contributed by atoms with Crippen LogP contribution in [0.15, 0.2) is 95.1 Å². The first kappa shape index (κ1) is 51.5. The van der Waals surface area contributed by atoms with Crippen molar-refractivity contribution >= 4 is 57.1 Å². The second-order valence-corrected chi connectivity index (χ2v) is 15.5. The van der Waals surface area contributed by atoms with Crippen molar-refractivity contribution in [1.82, 2.24) is 30.9 Å². The van der Waals surface area contributed by atoms with Gasteiger partial charge in [-0.2, -0.15) is 10.2 Å². The molecule has 60 heavy (non-hydrogen) atoms. The Labute approximate surface area is 367 Å². The van der Waals surface area contributed by atoms with Crippen LogP contribution in [0.4, 0.5) is 17.6 Å². The number of benzene rings is 4. The molecule has 0 aliphatic heterocycles. The van der Waals surface area contributed by atoms with Crippen LogP contribution in [0.1, 0.15) is 36.1 Å². The second kappa shape index (κ2) is 28.0. The van der Waals surface area contributed by atoms with Gasteiger partial charge in [-0.15, -0.1) is 0 Å². The first-order valence-corrected chi connectivity index (χ1v) is 20.8. The van der Waals surface area contributed by atoms with E-state index in [9.17, 15) is 17.6 Å². The maximum absolute atomic E-state index is 13.7. The van der Waals surface area contributed by atoms with Crippen molar-refractivity contribution in [3.63, 3.8) is 0 Å². The Hall–Kier alpha value is -4.65. The third-order valence-electron chi connectivity index (χ3n) is 8.22. The molecule has 0 unspecified atom stereocenters. The summed E-state index contributed by atoms with van der Waals surface area (Å²) in [5, 5.41) is 12.1. The van der Waals surface area contributed by atoms with Crippen LogP contribution in [0.25, 0.3) is 0 Å². The number of thiocarbonyl (C=S) groups is 2. The van der Waals surface area contributed by atoms with Gasteiger partial charge in [0, 0.05) is 56.5 Å². The number of hydrogen-bond donors (Lipinski definition) is 3. The van der Waals surface area contributed by atoms with E-state index in [1.54, 1.807) is 24.3 Å². The highest BCUT2D eigenvalue weighted by Gasteiger charge is 2.08. The molecule has 0 radical (unpaired) electrons. The van der Waals surface area contributed by atoms with Crippen LogP contribution in [0.3, 0.4) is 0 Å². The monoisotopic (exact) mass is 888 g/mol. The number of likely N-dealkylation sites (N-methyl/N-ethyl adjacent to an activating group) is 4. The third-order valence-corrected chi connectivity index (χ3v) is 9.68. The molecule has 0 bridgehead atoms. The normalized spacial score (nSPS) is 11.2. The Morgan fingerprint density at radius 2 is 1.07 bits per heavy atom. The average Bonchev–Trinajstić information content (AvgIpc) is 3.23. The zero-order valence-corrected chi connectivity index (χ0v) is 38.1. The maximum atomic E-state index is 13.7. The van der Waals surface area contributed by atoms with Crippen LogP contribution >= 0.6 is 36.2 Å². The van der Waals surface area contributed by atoms with Crippen molar-refractivity contribution in [1.29, 1.82) is 0 Å². The SMILES string of the molecule is C/C(=N\NC(=S)N(C)CCN(C)C)c1ccc(OCc2ccc(F)cc2F)cc1.CNCCN(C)C.CSC(=S)N/N=C(\C)c1ccc(OCc2ccc(F)cc2F)cc1. The standard InChI is InChI=1S/C21H26F2N4OS.C17H16F2N2OS2.C5H14N2/c1-15(24-25-21(29)27(4)12-11-26(2)3)16-6-9-19(10-7-16)28-14-17-5-8-18(22)13-20(17)23;1-11(20-21-17(23)24-2)12-4-7-15(8-5-12)22-10-13-3-6-14(18)9-16(13)19;1-6-4-5-7(2)3/h5-10,13H,11-12,14H2,1-4H3,(H,25,29);3-9H,10H2,1-2H3,(H,21,23);6H,4-5H2,1-3H3/b24-15+;20-11+;. The number of nitrogens with zero attached hydrogens (tertiary/aromatic N) is 5. The summed E-state index contributed by atoms with van der Waals surface area (Å²) in [4.78, 5) is 6.16. The quantitative estimate of drug-likeness (QED) is 0.0445. The molecule has 10 nitrogen and oxygen atoms in total. The van der Waals surface area contributed by atoms with Gasteiger partial charge in [0.15, 0.2) is 9.43 Å². The number of rotatable bonds is 16. The summed E-state index contributed by atoms with van der Waals surface area (Å²) < 4.78 is 64.7. The van der Waals surface area contributed by atoms with E-state index in [-0.39, 0.29) is 13.2 Å². The minimum Gasteiger partial charge on any atom is -0.489 e. The Bertz CT molecular complexity index is 1990. The van der Waals surface area contributed by atoms with Crippen molar-refractivity contribution in [2.75, 3.05) is 74.7 Å². The Balaban J connectivity index is 0.000000361. The number of ether oxygens (including phenoxy) is 2. The number of thioether (sulfide) groups is 1. The molecular weight excluding hydrogens is 833 g/mol. The highest BCUT2D eigenvalue weighted by Crippen LogP contribution is 2.18. The number of hydrazone groups is 2. The minimum atomic E-state index is -0.623. The molecule has 3 N–H and O–H groups in total. The lowest BCUT2D eigenvalue weighted by atomic mass is 10.1. The summed E-state index contributed by atoms with van der Waals surface area (Å²) >= 11 is 11.8. The molecule has 0 heterocycles. The fourth-order valence-electron chi connectivity index (χ4n) is 4.49. The lowest BCUT2D eigenvalue weighted by Gasteiger charge is -2.21. The van der Waals surface area contributed by atoms with E-state index in [0.29, 0.717) is 32.1 Å². The van der Waals surface area contributed by atoms with Gasteiger partial charge in [-0.3, -0.25) is 10.9 Å². The second-order valence-electron chi connectivity index (χ2n) is 13.6. The molecule has 0 saturated carbocycles. The summed E-state index contributed by atoms with van der Waals surface area (Å²) in [6.07, 6.45) is 1.87. The Morgan fingerprint density at radius 3 is 1.43 bits per heavy atom. The van der Waals surface area contributed by atoms with Gasteiger partial charge < -0.3 is 29.5 Å². The predicted molar refractivity (Wildman–Crippen MR) is 247 cm³/mol. The molecule has 0 aliphatic carbocycles. The van der Waals surface area contributed by atoms with E-state index >= 15 is 0 Å². The molecular formula is C43H56F4N8O2S3. The number of hydrogen-bond acceptors (Lipinski definition) is 10. The van der Waals surface area contributed by atoms with E-state index in [1.807, 2.05) is 77.5 Å². The fraction of sp³-hybridized carbons (Fsp3) is 0.349. The molecule has 0 fully saturated rings. The first-order valence-electron chi connectivity index (χ1n) is 18.7. The van der Waals surface area contributed by atoms with Gasteiger partial charge in [-0.25, -0.2) is 17.6 Å². The van der Waals surface area contributed by atoms with Crippen molar-refractivity contribution in [2.45, 2.75) is 27.1 Å². The van der Waals surface area contributed by atoms with Gasteiger partial charge in [0.25, 0.3) is 0 Å². The number of halogens is 4. The highest BCUT2D eigenvalue weighted by molar-refractivity contribution is 8.22. The third kappa shape index (κ3) is 20.5. The molecule has 0 saturated heterocycles. The van der Waals surface area contributed by atoms with Crippen LogP contribution in [-0.2, 0) is 13.2 Å². The van der Waals surface area contributed by atoms with Crippen molar-refractivity contribution < 1.29 is 27.0 Å². The summed E-state index contributed by atoms with van der Waals surface area (Å²) in [7, 11) is 12.0. The first-order chi connectivity index (χ1) is 28.5. The van der Waals surface area contributed by atoms with Crippen LogP contribution in [0.5, 0.6) is 11.5 Å². The average molecular weight is 889 g/mol. The highest BCUT2D eigenvalue weighted by atomic mass is 32.2. The van der Waals surface area contributed by atoms with Crippen molar-refractivity contribution in [3.05, 3.63) is 130 Å². The van der Waals surface area contributed by atoms with Crippen molar-refractivity contribution in [3.8, 4) is 11.5 Å². The fourth-order valence-corrected chi connectivity index (χ4v) is 4.81. The van der Waals surface area contributed by atoms with Crippen LogP contribution in [0.2, 0.25) is 0 Å². The Kier molecular flexibility index (Phi) is 24.0. The van der Waals surface area contributed by atoms with E-state index < -0.39 is 23.3 Å². The molecule has 326 valence electrons. The molecule has 4 rings (SSSR count). The van der Waals surface area contributed by atoms with Gasteiger partial charge in [0.1, 0.15) is 48.0 Å². The molecule has 4 aromatic carbocycles. The van der Waals surface area contributed by atoms with Gasteiger partial charge >= 0.3 is 0 Å². The van der Waals surface area contributed by atoms with Gasteiger partial charge in [-0.1, -0.05) is 24.0 Å². The lowest BCUT2D eigenvalue weighted by Crippen LogP contribution is -2.38. The zero-order chi connectivity index (χ0) is 44.6. The maximum Gasteiger partial charge on any atom is 0.189 e.